The summed E-state index contributed by atoms with van der Waals surface area (Å²) in [5.74, 6) is 0. The van der Waals surface area contributed by atoms with Gasteiger partial charge in [0.2, 0.25) is 10.0 Å². The van der Waals surface area contributed by atoms with Crippen molar-refractivity contribution in [1.82, 2.24) is 4.72 Å². The molecule has 0 saturated carbocycles. The summed E-state index contributed by atoms with van der Waals surface area (Å²) in [5, 5.41) is 0.298. The zero-order valence-electron chi connectivity index (χ0n) is 11.4. The minimum absolute atomic E-state index is 0.00559. The Labute approximate surface area is 137 Å². The maximum Gasteiger partial charge on any atom is 0.244 e. The van der Waals surface area contributed by atoms with E-state index < -0.39 is 10.0 Å². The number of nitrogen functional groups attached to an aromatic ring is 1. The first-order valence-corrected chi connectivity index (χ1v) is 9.06. The Balaban J connectivity index is 2.27. The van der Waals surface area contributed by atoms with Crippen molar-refractivity contribution < 1.29 is 8.42 Å². The third kappa shape index (κ3) is 3.70. The van der Waals surface area contributed by atoms with Crippen LogP contribution in [0.25, 0.3) is 0 Å². The van der Waals surface area contributed by atoms with Gasteiger partial charge in [-0.3, -0.25) is 0 Å². The Morgan fingerprint density at radius 3 is 2.43 bits per heavy atom. The second-order valence-electron chi connectivity index (χ2n) is 4.58. The van der Waals surface area contributed by atoms with Crippen molar-refractivity contribution >= 4 is 50.2 Å². The lowest BCUT2D eigenvalue weighted by Gasteiger charge is -2.10. The smallest absolute Gasteiger partial charge is 0.244 e. The van der Waals surface area contributed by atoms with E-state index in [1.54, 1.807) is 11.3 Å². The molecule has 1 aromatic carbocycles. The van der Waals surface area contributed by atoms with Gasteiger partial charge >= 0.3 is 0 Å². The summed E-state index contributed by atoms with van der Waals surface area (Å²) in [4.78, 5) is 1.95. The van der Waals surface area contributed by atoms with Crippen LogP contribution in [0, 0.1) is 13.8 Å². The molecule has 1 heterocycles. The van der Waals surface area contributed by atoms with Crippen molar-refractivity contribution in [2.24, 2.45) is 0 Å². The van der Waals surface area contributed by atoms with Crippen LogP contribution in [0.4, 0.5) is 5.69 Å². The fourth-order valence-electron chi connectivity index (χ4n) is 1.84. The average molecular weight is 365 g/mol. The molecule has 3 N–H and O–H groups in total. The molecule has 0 saturated heterocycles. The molecule has 2 aromatic rings. The first-order valence-electron chi connectivity index (χ1n) is 6.01. The van der Waals surface area contributed by atoms with Gasteiger partial charge in [-0.15, -0.1) is 11.3 Å². The van der Waals surface area contributed by atoms with Gasteiger partial charge in [-0.2, -0.15) is 0 Å². The van der Waals surface area contributed by atoms with E-state index in [4.69, 9.17) is 28.9 Å². The molecule has 8 heteroatoms. The third-order valence-corrected chi connectivity index (χ3v) is 6.26. The monoisotopic (exact) mass is 364 g/mol. The van der Waals surface area contributed by atoms with Crippen molar-refractivity contribution in [3.05, 3.63) is 43.6 Å². The summed E-state index contributed by atoms with van der Waals surface area (Å²) in [5.41, 5.74) is 6.88. The maximum atomic E-state index is 12.3. The Kier molecular flexibility index (Phi) is 4.85. The van der Waals surface area contributed by atoms with E-state index in [0.29, 0.717) is 5.02 Å². The molecule has 0 atom stereocenters. The molecule has 0 radical (unpaired) electrons. The first kappa shape index (κ1) is 16.6. The highest BCUT2D eigenvalue weighted by atomic mass is 35.5. The minimum atomic E-state index is -3.80. The number of aryl methyl sites for hydroxylation is 2. The molecular formula is C13H14Cl2N2O2S2. The Morgan fingerprint density at radius 1 is 1.24 bits per heavy atom. The number of benzene rings is 1. The van der Waals surface area contributed by atoms with E-state index >= 15 is 0 Å². The van der Waals surface area contributed by atoms with Gasteiger partial charge in [0.25, 0.3) is 0 Å². The molecule has 114 valence electrons. The molecule has 0 aliphatic carbocycles. The van der Waals surface area contributed by atoms with Crippen molar-refractivity contribution in [1.29, 1.82) is 0 Å². The Hall–Kier alpha value is -0.790. The van der Waals surface area contributed by atoms with E-state index in [2.05, 4.69) is 4.72 Å². The van der Waals surface area contributed by atoms with E-state index in [1.807, 2.05) is 19.9 Å². The van der Waals surface area contributed by atoms with Crippen LogP contribution in [0.15, 0.2) is 23.1 Å². The number of hydrogen-bond donors (Lipinski definition) is 2. The molecule has 0 spiro atoms. The molecule has 0 bridgehead atoms. The number of sulfonamides is 1. The number of rotatable bonds is 4. The topological polar surface area (TPSA) is 72.2 Å². The number of halogens is 2. The molecular weight excluding hydrogens is 351 g/mol. The largest absolute Gasteiger partial charge is 0.398 e. The zero-order valence-corrected chi connectivity index (χ0v) is 14.6. The molecule has 2 rings (SSSR count). The number of nitrogens with two attached hydrogens (primary N) is 1. The fraction of sp³-hybridized carbons (Fsp3) is 0.231. The third-order valence-electron chi connectivity index (χ3n) is 2.96. The van der Waals surface area contributed by atoms with Gasteiger partial charge in [-0.25, -0.2) is 13.1 Å². The highest BCUT2D eigenvalue weighted by Crippen LogP contribution is 2.31. The van der Waals surface area contributed by atoms with Crippen molar-refractivity contribution in [2.75, 3.05) is 5.73 Å². The predicted octanol–water partition coefficient (Wildman–Crippen LogP) is 3.73. The fourth-order valence-corrected chi connectivity index (χ4v) is 4.91. The highest BCUT2D eigenvalue weighted by Gasteiger charge is 2.22. The number of nitrogens with one attached hydrogen (secondary N) is 1. The minimum Gasteiger partial charge on any atom is -0.398 e. The van der Waals surface area contributed by atoms with Gasteiger partial charge in [0.05, 0.1) is 10.7 Å². The molecule has 1 aromatic heterocycles. The van der Waals surface area contributed by atoms with Crippen molar-refractivity contribution in [2.45, 2.75) is 25.3 Å². The Morgan fingerprint density at radius 2 is 1.90 bits per heavy atom. The molecule has 21 heavy (non-hydrogen) atoms. The van der Waals surface area contributed by atoms with E-state index in [0.717, 1.165) is 15.3 Å². The van der Waals surface area contributed by atoms with Gasteiger partial charge in [0, 0.05) is 21.3 Å². The molecule has 0 aliphatic rings. The lowest BCUT2D eigenvalue weighted by Crippen LogP contribution is -2.24. The molecule has 0 unspecified atom stereocenters. The number of anilines is 1. The van der Waals surface area contributed by atoms with Crippen LogP contribution in [-0.2, 0) is 16.6 Å². The lowest BCUT2D eigenvalue weighted by atomic mass is 10.3. The normalized spacial score (nSPS) is 11.8. The lowest BCUT2D eigenvalue weighted by molar-refractivity contribution is 0.582. The maximum absolute atomic E-state index is 12.3. The molecule has 0 amide bonds. The van der Waals surface area contributed by atoms with Gasteiger partial charge in [-0.05, 0) is 37.6 Å². The molecule has 4 nitrogen and oxygen atoms in total. The zero-order chi connectivity index (χ0) is 15.8. The first-order chi connectivity index (χ1) is 9.70. The second-order valence-corrected chi connectivity index (χ2v) is 8.47. The number of hydrogen-bond acceptors (Lipinski definition) is 4. The highest BCUT2D eigenvalue weighted by molar-refractivity contribution is 7.89. The van der Waals surface area contributed by atoms with Gasteiger partial charge < -0.3 is 5.73 Å². The predicted molar refractivity (Wildman–Crippen MR) is 88.7 cm³/mol. The van der Waals surface area contributed by atoms with E-state index in [-0.39, 0.29) is 22.2 Å². The van der Waals surface area contributed by atoms with E-state index in [9.17, 15) is 8.42 Å². The SMILES string of the molecule is Cc1cc(CNS(=O)(=O)c2c(N)cc(Cl)cc2Cl)sc1C. The van der Waals surface area contributed by atoms with Gasteiger partial charge in [0.15, 0.2) is 0 Å². The summed E-state index contributed by atoms with van der Waals surface area (Å²) >= 11 is 13.3. The van der Waals surface area contributed by atoms with Crippen molar-refractivity contribution in [3.8, 4) is 0 Å². The van der Waals surface area contributed by atoms with Gasteiger partial charge in [-0.1, -0.05) is 23.2 Å². The Bertz CT molecular complexity index is 743. The second kappa shape index (κ2) is 6.14. The summed E-state index contributed by atoms with van der Waals surface area (Å²) in [6, 6.07) is 4.67. The summed E-state index contributed by atoms with van der Waals surface area (Å²) in [7, 11) is -3.80. The molecule has 0 fully saturated rings. The van der Waals surface area contributed by atoms with Crippen LogP contribution in [0.2, 0.25) is 10.0 Å². The van der Waals surface area contributed by atoms with Crippen LogP contribution in [0.5, 0.6) is 0 Å². The summed E-state index contributed by atoms with van der Waals surface area (Å²) in [6.45, 7) is 4.17. The number of thiophene rings is 1. The van der Waals surface area contributed by atoms with Crippen LogP contribution in [-0.4, -0.2) is 8.42 Å². The quantitative estimate of drug-likeness (QED) is 0.811. The van der Waals surface area contributed by atoms with Crippen molar-refractivity contribution in [3.63, 3.8) is 0 Å². The summed E-state index contributed by atoms with van der Waals surface area (Å²) in [6.07, 6.45) is 0. The van der Waals surface area contributed by atoms with Crippen LogP contribution in [0.1, 0.15) is 15.3 Å². The van der Waals surface area contributed by atoms with Crippen LogP contribution < -0.4 is 10.5 Å². The van der Waals surface area contributed by atoms with E-state index in [1.165, 1.54) is 12.1 Å². The summed E-state index contributed by atoms with van der Waals surface area (Å²) < 4.78 is 27.2. The molecule has 0 aliphatic heterocycles. The average Bonchev–Trinajstić information content (AvgIpc) is 2.65. The standard InChI is InChI=1S/C13H14Cl2N2O2S2/c1-7-3-10(20-8(7)2)6-17-21(18,19)13-11(15)4-9(14)5-12(13)16/h3-5,17H,6,16H2,1-2H3. The van der Waals surface area contributed by atoms with Gasteiger partial charge in [0.1, 0.15) is 4.90 Å². The van der Waals surface area contributed by atoms with Crippen LogP contribution >= 0.6 is 34.5 Å². The van der Waals surface area contributed by atoms with Crippen LogP contribution in [0.3, 0.4) is 0 Å².